The molecule has 3 fully saturated rings. The SMILES string of the molecule is NCC1(N2CCOC3CCCC32)CC1. The molecule has 0 aromatic carbocycles. The van der Waals surface area contributed by atoms with Crippen LogP contribution in [0.4, 0.5) is 0 Å². The maximum absolute atomic E-state index is 5.90. The van der Waals surface area contributed by atoms with E-state index in [0.717, 1.165) is 19.7 Å². The Bertz CT molecular complexity index is 227. The molecule has 14 heavy (non-hydrogen) atoms. The molecule has 2 atom stereocenters. The molecule has 3 nitrogen and oxygen atoms in total. The van der Waals surface area contributed by atoms with Gasteiger partial charge >= 0.3 is 0 Å². The lowest BCUT2D eigenvalue weighted by molar-refractivity contribution is -0.0758. The van der Waals surface area contributed by atoms with E-state index in [4.69, 9.17) is 10.5 Å². The fraction of sp³-hybridized carbons (Fsp3) is 1.00. The predicted octanol–water partition coefficient (Wildman–Crippen LogP) is 0.731. The lowest BCUT2D eigenvalue weighted by Crippen LogP contribution is -2.56. The minimum atomic E-state index is 0.386. The van der Waals surface area contributed by atoms with Crippen LogP contribution in [0.15, 0.2) is 0 Å². The fourth-order valence-corrected chi connectivity index (χ4v) is 3.27. The zero-order valence-corrected chi connectivity index (χ0v) is 8.74. The second-order valence-electron chi connectivity index (χ2n) is 5.03. The zero-order valence-electron chi connectivity index (χ0n) is 8.74. The van der Waals surface area contributed by atoms with Crippen LogP contribution in [0.2, 0.25) is 0 Å². The predicted molar refractivity (Wildman–Crippen MR) is 55.1 cm³/mol. The highest BCUT2D eigenvalue weighted by Gasteiger charge is 2.52. The van der Waals surface area contributed by atoms with E-state index in [-0.39, 0.29) is 0 Å². The summed E-state index contributed by atoms with van der Waals surface area (Å²) < 4.78 is 5.82. The summed E-state index contributed by atoms with van der Waals surface area (Å²) >= 11 is 0. The van der Waals surface area contributed by atoms with E-state index >= 15 is 0 Å². The highest BCUT2D eigenvalue weighted by Crippen LogP contribution is 2.45. The minimum Gasteiger partial charge on any atom is -0.375 e. The Balaban J connectivity index is 1.78. The zero-order chi connectivity index (χ0) is 9.60. The largest absolute Gasteiger partial charge is 0.375 e. The van der Waals surface area contributed by atoms with Crippen molar-refractivity contribution in [3.05, 3.63) is 0 Å². The molecule has 0 aromatic rings. The molecule has 2 saturated carbocycles. The van der Waals surface area contributed by atoms with Crippen molar-refractivity contribution in [2.45, 2.75) is 49.8 Å². The number of ether oxygens (including phenoxy) is 1. The summed E-state index contributed by atoms with van der Waals surface area (Å²) in [4.78, 5) is 2.67. The van der Waals surface area contributed by atoms with E-state index in [1.807, 2.05) is 0 Å². The van der Waals surface area contributed by atoms with Crippen LogP contribution in [0, 0.1) is 0 Å². The summed E-state index contributed by atoms with van der Waals surface area (Å²) in [6, 6.07) is 0.690. The lowest BCUT2D eigenvalue weighted by atomic mass is 10.1. The molecule has 1 aliphatic heterocycles. The van der Waals surface area contributed by atoms with E-state index in [9.17, 15) is 0 Å². The molecule has 0 spiro atoms. The van der Waals surface area contributed by atoms with Crippen LogP contribution in [0.1, 0.15) is 32.1 Å². The summed E-state index contributed by atoms with van der Waals surface area (Å²) in [5, 5.41) is 0. The maximum Gasteiger partial charge on any atom is 0.0731 e. The summed E-state index contributed by atoms with van der Waals surface area (Å²) in [6.45, 7) is 2.87. The number of nitrogens with two attached hydrogens (primary N) is 1. The lowest BCUT2D eigenvalue weighted by Gasteiger charge is -2.42. The molecule has 3 heteroatoms. The molecular formula is C11H20N2O. The van der Waals surface area contributed by atoms with Gasteiger partial charge in [0.15, 0.2) is 0 Å². The third-order valence-electron chi connectivity index (χ3n) is 4.30. The second kappa shape index (κ2) is 3.19. The number of hydrogen-bond acceptors (Lipinski definition) is 3. The molecule has 80 valence electrons. The van der Waals surface area contributed by atoms with Gasteiger partial charge in [-0.3, -0.25) is 4.90 Å². The third kappa shape index (κ3) is 1.23. The first kappa shape index (κ1) is 9.13. The van der Waals surface area contributed by atoms with Crippen molar-refractivity contribution in [2.24, 2.45) is 5.73 Å². The van der Waals surface area contributed by atoms with Crippen molar-refractivity contribution >= 4 is 0 Å². The van der Waals surface area contributed by atoms with E-state index in [0.29, 0.717) is 17.7 Å². The van der Waals surface area contributed by atoms with Gasteiger partial charge in [-0.15, -0.1) is 0 Å². The summed E-state index contributed by atoms with van der Waals surface area (Å²) in [5.41, 5.74) is 6.29. The second-order valence-corrected chi connectivity index (χ2v) is 5.03. The highest BCUT2D eigenvalue weighted by atomic mass is 16.5. The van der Waals surface area contributed by atoms with Crippen LogP contribution in [-0.2, 0) is 4.74 Å². The molecule has 0 bridgehead atoms. The van der Waals surface area contributed by atoms with Gasteiger partial charge in [0.2, 0.25) is 0 Å². The monoisotopic (exact) mass is 196 g/mol. The van der Waals surface area contributed by atoms with Crippen LogP contribution in [-0.4, -0.2) is 42.3 Å². The number of fused-ring (bicyclic) bond motifs is 1. The Morgan fingerprint density at radius 3 is 2.93 bits per heavy atom. The van der Waals surface area contributed by atoms with Gasteiger partial charge in [0, 0.05) is 24.7 Å². The van der Waals surface area contributed by atoms with E-state index in [1.165, 1.54) is 32.1 Å². The minimum absolute atomic E-state index is 0.386. The molecule has 0 aromatic heterocycles. The fourth-order valence-electron chi connectivity index (χ4n) is 3.27. The van der Waals surface area contributed by atoms with E-state index in [1.54, 1.807) is 0 Å². The van der Waals surface area contributed by atoms with Crippen molar-refractivity contribution < 1.29 is 4.74 Å². The van der Waals surface area contributed by atoms with Crippen LogP contribution in [0.5, 0.6) is 0 Å². The van der Waals surface area contributed by atoms with Crippen molar-refractivity contribution in [1.82, 2.24) is 4.90 Å². The molecule has 2 N–H and O–H groups in total. The van der Waals surface area contributed by atoms with Gasteiger partial charge in [-0.05, 0) is 32.1 Å². The first-order chi connectivity index (χ1) is 6.86. The van der Waals surface area contributed by atoms with Crippen LogP contribution >= 0.6 is 0 Å². The Hall–Kier alpha value is -0.120. The highest BCUT2D eigenvalue weighted by molar-refractivity contribution is 5.09. The van der Waals surface area contributed by atoms with Gasteiger partial charge in [-0.2, -0.15) is 0 Å². The van der Waals surface area contributed by atoms with Crippen LogP contribution in [0.25, 0.3) is 0 Å². The van der Waals surface area contributed by atoms with Crippen molar-refractivity contribution in [2.75, 3.05) is 19.7 Å². The standard InChI is InChI=1S/C11H20N2O/c12-8-11(4-5-11)13-6-7-14-10-3-1-2-9(10)13/h9-10H,1-8,12H2. The van der Waals surface area contributed by atoms with Crippen LogP contribution < -0.4 is 5.73 Å². The Kier molecular flexibility index (Phi) is 2.08. The van der Waals surface area contributed by atoms with E-state index < -0.39 is 0 Å². The molecule has 1 saturated heterocycles. The van der Waals surface area contributed by atoms with Crippen molar-refractivity contribution in [3.8, 4) is 0 Å². The molecule has 2 aliphatic carbocycles. The van der Waals surface area contributed by atoms with Crippen molar-refractivity contribution in [3.63, 3.8) is 0 Å². The normalized spacial score (nSPS) is 40.9. The Labute approximate surface area is 85.6 Å². The first-order valence-corrected chi connectivity index (χ1v) is 5.94. The number of nitrogens with zero attached hydrogens (tertiary/aromatic N) is 1. The van der Waals surface area contributed by atoms with Crippen molar-refractivity contribution in [1.29, 1.82) is 0 Å². The molecule has 3 rings (SSSR count). The topological polar surface area (TPSA) is 38.5 Å². The summed E-state index contributed by atoms with van der Waals surface area (Å²) in [5.74, 6) is 0. The Morgan fingerprint density at radius 1 is 1.36 bits per heavy atom. The third-order valence-corrected chi connectivity index (χ3v) is 4.30. The smallest absolute Gasteiger partial charge is 0.0731 e. The number of hydrogen-bond donors (Lipinski definition) is 1. The van der Waals surface area contributed by atoms with Gasteiger partial charge in [-0.25, -0.2) is 0 Å². The maximum atomic E-state index is 5.90. The molecule has 3 aliphatic rings. The van der Waals surface area contributed by atoms with Gasteiger partial charge in [0.25, 0.3) is 0 Å². The van der Waals surface area contributed by atoms with Gasteiger partial charge in [0.1, 0.15) is 0 Å². The van der Waals surface area contributed by atoms with Crippen LogP contribution in [0.3, 0.4) is 0 Å². The molecule has 0 radical (unpaired) electrons. The molecule has 2 unspecified atom stereocenters. The Morgan fingerprint density at radius 2 is 2.21 bits per heavy atom. The van der Waals surface area contributed by atoms with Gasteiger partial charge in [-0.1, -0.05) is 0 Å². The van der Waals surface area contributed by atoms with Gasteiger partial charge < -0.3 is 10.5 Å². The number of rotatable bonds is 2. The average molecular weight is 196 g/mol. The molecule has 1 heterocycles. The quantitative estimate of drug-likeness (QED) is 0.707. The van der Waals surface area contributed by atoms with E-state index in [2.05, 4.69) is 4.90 Å². The first-order valence-electron chi connectivity index (χ1n) is 5.94. The number of morpholine rings is 1. The average Bonchev–Trinajstić information content (AvgIpc) is 2.87. The van der Waals surface area contributed by atoms with Gasteiger partial charge in [0.05, 0.1) is 12.7 Å². The summed E-state index contributed by atoms with van der Waals surface area (Å²) in [6.07, 6.45) is 7.08. The molecular weight excluding hydrogens is 176 g/mol. The molecule has 0 amide bonds. The summed E-state index contributed by atoms with van der Waals surface area (Å²) in [7, 11) is 0.